The van der Waals surface area contributed by atoms with E-state index in [1.165, 1.54) is 0 Å². The predicted molar refractivity (Wildman–Crippen MR) is 97.7 cm³/mol. The number of carbonyl (C=O) groups is 1. The molecule has 0 saturated heterocycles. The molecule has 2 aliphatic rings. The Kier molecular flexibility index (Phi) is 3.84. The van der Waals surface area contributed by atoms with E-state index in [1.54, 1.807) is 12.0 Å². The van der Waals surface area contributed by atoms with Gasteiger partial charge in [0.2, 0.25) is 0 Å². The van der Waals surface area contributed by atoms with Crippen molar-refractivity contribution in [2.24, 2.45) is 0 Å². The number of nitriles is 1. The van der Waals surface area contributed by atoms with Crippen LogP contribution in [0.15, 0.2) is 42.5 Å². The Bertz CT molecular complexity index is 894. The second kappa shape index (κ2) is 6.06. The summed E-state index contributed by atoms with van der Waals surface area (Å²) in [6.07, 6.45) is 1.70. The van der Waals surface area contributed by atoms with E-state index in [4.69, 9.17) is 9.47 Å². The van der Waals surface area contributed by atoms with Crippen molar-refractivity contribution < 1.29 is 14.3 Å². The van der Waals surface area contributed by atoms with Crippen LogP contribution in [-0.4, -0.2) is 25.7 Å². The number of methoxy groups -OCH3 is 1. The van der Waals surface area contributed by atoms with Crippen LogP contribution in [0, 0.1) is 11.3 Å². The summed E-state index contributed by atoms with van der Waals surface area (Å²) < 4.78 is 11.1. The molecule has 0 bridgehead atoms. The smallest absolute Gasteiger partial charge is 0.258 e. The van der Waals surface area contributed by atoms with E-state index in [2.05, 4.69) is 6.07 Å². The number of amides is 1. The van der Waals surface area contributed by atoms with Gasteiger partial charge in [-0.3, -0.25) is 4.79 Å². The zero-order chi connectivity index (χ0) is 18.3. The van der Waals surface area contributed by atoms with Crippen LogP contribution in [0.3, 0.4) is 0 Å². The Balaban J connectivity index is 1.65. The molecule has 26 heavy (non-hydrogen) atoms. The van der Waals surface area contributed by atoms with E-state index >= 15 is 0 Å². The molecule has 1 aliphatic heterocycles. The Labute approximate surface area is 152 Å². The molecule has 5 heteroatoms. The van der Waals surface area contributed by atoms with Crippen molar-refractivity contribution in [2.75, 3.05) is 18.6 Å². The highest BCUT2D eigenvalue weighted by molar-refractivity contribution is 6.07. The van der Waals surface area contributed by atoms with Crippen LogP contribution in [0.5, 0.6) is 11.5 Å². The molecule has 2 aromatic rings. The van der Waals surface area contributed by atoms with Crippen LogP contribution in [0.2, 0.25) is 0 Å². The Morgan fingerprint density at radius 1 is 1.27 bits per heavy atom. The van der Waals surface area contributed by atoms with Gasteiger partial charge in [-0.15, -0.1) is 0 Å². The first-order chi connectivity index (χ1) is 12.6. The van der Waals surface area contributed by atoms with Gasteiger partial charge in [-0.25, -0.2) is 0 Å². The van der Waals surface area contributed by atoms with E-state index in [0.29, 0.717) is 29.3 Å². The molecule has 1 fully saturated rings. The number of ether oxygens (including phenoxy) is 2. The molecule has 5 nitrogen and oxygen atoms in total. The molecule has 1 aliphatic carbocycles. The van der Waals surface area contributed by atoms with Crippen molar-refractivity contribution in [3.05, 3.63) is 53.6 Å². The van der Waals surface area contributed by atoms with E-state index in [0.717, 1.165) is 18.4 Å². The Hall–Kier alpha value is -3.00. The SMILES string of the molecule is COc1ccc2c(c1)N(C(=O)c1ccc(C3(C#N)CC3)cc1)CC(C)O2. The van der Waals surface area contributed by atoms with Crippen LogP contribution >= 0.6 is 0 Å². The standard InChI is InChI=1S/C21H20N2O3/c1-14-12-23(18-11-17(25-2)7-8-19(18)26-14)20(24)15-3-5-16(6-4-15)21(13-22)9-10-21/h3-8,11,14H,9-10,12H2,1-2H3. The number of rotatable bonds is 3. The summed E-state index contributed by atoms with van der Waals surface area (Å²) in [5, 5.41) is 9.33. The summed E-state index contributed by atoms with van der Waals surface area (Å²) >= 11 is 0. The van der Waals surface area contributed by atoms with Crippen molar-refractivity contribution in [2.45, 2.75) is 31.3 Å². The molecule has 0 radical (unpaired) electrons. The number of fused-ring (bicyclic) bond motifs is 1. The number of carbonyl (C=O) groups excluding carboxylic acids is 1. The number of nitrogens with zero attached hydrogens (tertiary/aromatic N) is 2. The fourth-order valence-corrected chi connectivity index (χ4v) is 3.41. The van der Waals surface area contributed by atoms with Gasteiger partial charge >= 0.3 is 0 Å². The van der Waals surface area contributed by atoms with Crippen molar-refractivity contribution in [1.29, 1.82) is 5.26 Å². The predicted octanol–water partition coefficient (Wildman–Crippen LogP) is 3.68. The maximum Gasteiger partial charge on any atom is 0.258 e. The molecule has 0 aromatic heterocycles. The van der Waals surface area contributed by atoms with Crippen LogP contribution in [-0.2, 0) is 5.41 Å². The topological polar surface area (TPSA) is 62.6 Å². The number of anilines is 1. The van der Waals surface area contributed by atoms with Gasteiger partial charge in [0.15, 0.2) is 0 Å². The number of hydrogen-bond donors (Lipinski definition) is 0. The lowest BCUT2D eigenvalue weighted by Gasteiger charge is -2.33. The molecule has 1 unspecified atom stereocenters. The van der Waals surface area contributed by atoms with Crippen molar-refractivity contribution in [1.82, 2.24) is 0 Å². The van der Waals surface area contributed by atoms with Crippen LogP contribution in [0.25, 0.3) is 0 Å². The molecular weight excluding hydrogens is 328 g/mol. The lowest BCUT2D eigenvalue weighted by atomic mass is 9.96. The highest BCUT2D eigenvalue weighted by Crippen LogP contribution is 2.47. The van der Waals surface area contributed by atoms with Gasteiger partial charge in [-0.1, -0.05) is 12.1 Å². The summed E-state index contributed by atoms with van der Waals surface area (Å²) in [6.45, 7) is 2.42. The van der Waals surface area contributed by atoms with Crippen LogP contribution in [0.1, 0.15) is 35.7 Å². The van der Waals surface area contributed by atoms with Gasteiger partial charge in [-0.2, -0.15) is 5.26 Å². The zero-order valence-corrected chi connectivity index (χ0v) is 14.9. The van der Waals surface area contributed by atoms with Gasteiger partial charge in [0.25, 0.3) is 5.91 Å². The summed E-state index contributed by atoms with van der Waals surface area (Å²) in [5.41, 5.74) is 1.97. The average Bonchev–Trinajstić information content (AvgIpc) is 3.48. The van der Waals surface area contributed by atoms with E-state index in [-0.39, 0.29) is 17.4 Å². The normalized spacial score (nSPS) is 19.7. The molecule has 132 valence electrons. The molecule has 4 rings (SSSR count). The van der Waals surface area contributed by atoms with Gasteiger partial charge in [0, 0.05) is 11.6 Å². The highest BCUT2D eigenvalue weighted by Gasteiger charge is 2.44. The molecule has 1 amide bonds. The first-order valence-electron chi connectivity index (χ1n) is 8.75. The van der Waals surface area contributed by atoms with Gasteiger partial charge < -0.3 is 14.4 Å². The van der Waals surface area contributed by atoms with E-state index in [9.17, 15) is 10.1 Å². The summed E-state index contributed by atoms with van der Waals surface area (Å²) in [5.74, 6) is 1.28. The van der Waals surface area contributed by atoms with E-state index < -0.39 is 0 Å². The minimum Gasteiger partial charge on any atom is -0.497 e. The van der Waals surface area contributed by atoms with Crippen LogP contribution in [0.4, 0.5) is 5.69 Å². The second-order valence-electron chi connectivity index (χ2n) is 6.95. The minimum absolute atomic E-state index is 0.0805. The van der Waals surface area contributed by atoms with Crippen molar-refractivity contribution in [3.63, 3.8) is 0 Å². The first kappa shape index (κ1) is 16.5. The number of hydrogen-bond acceptors (Lipinski definition) is 4. The minimum atomic E-state index is -0.338. The Morgan fingerprint density at radius 3 is 2.62 bits per heavy atom. The fraction of sp³-hybridized carbons (Fsp3) is 0.333. The third kappa shape index (κ3) is 2.68. The first-order valence-corrected chi connectivity index (χ1v) is 8.75. The summed E-state index contributed by atoms with van der Waals surface area (Å²) in [7, 11) is 1.60. The molecular formula is C21H20N2O3. The van der Waals surface area contributed by atoms with Gasteiger partial charge in [-0.05, 0) is 49.6 Å². The zero-order valence-electron chi connectivity index (χ0n) is 14.9. The van der Waals surface area contributed by atoms with Crippen molar-refractivity contribution in [3.8, 4) is 17.6 Å². The highest BCUT2D eigenvalue weighted by atomic mass is 16.5. The molecule has 1 atom stereocenters. The second-order valence-corrected chi connectivity index (χ2v) is 6.95. The van der Waals surface area contributed by atoms with Crippen LogP contribution < -0.4 is 14.4 Å². The maximum absolute atomic E-state index is 13.1. The third-order valence-electron chi connectivity index (χ3n) is 5.12. The van der Waals surface area contributed by atoms with E-state index in [1.807, 2.05) is 49.4 Å². The quantitative estimate of drug-likeness (QED) is 0.849. The maximum atomic E-state index is 13.1. The van der Waals surface area contributed by atoms with Crippen molar-refractivity contribution >= 4 is 11.6 Å². The Morgan fingerprint density at radius 2 is 2.00 bits per heavy atom. The monoisotopic (exact) mass is 348 g/mol. The fourth-order valence-electron chi connectivity index (χ4n) is 3.41. The molecule has 1 saturated carbocycles. The largest absolute Gasteiger partial charge is 0.497 e. The average molecular weight is 348 g/mol. The van der Waals surface area contributed by atoms with Gasteiger partial charge in [0.05, 0.1) is 30.8 Å². The summed E-state index contributed by atoms with van der Waals surface area (Å²) in [4.78, 5) is 14.9. The molecule has 2 aromatic carbocycles. The molecule has 0 spiro atoms. The lowest BCUT2D eigenvalue weighted by molar-refractivity contribution is 0.0961. The summed E-state index contributed by atoms with van der Waals surface area (Å²) in [6, 6.07) is 15.3. The lowest BCUT2D eigenvalue weighted by Crippen LogP contribution is -2.42. The third-order valence-corrected chi connectivity index (χ3v) is 5.12. The van der Waals surface area contributed by atoms with Gasteiger partial charge in [0.1, 0.15) is 17.6 Å². The molecule has 1 heterocycles. The number of benzene rings is 2. The molecule has 0 N–H and O–H groups in total.